The number of hydrogen-bond donors (Lipinski definition) is 1. The first-order valence-electron chi connectivity index (χ1n) is 10.5. The Morgan fingerprint density at radius 2 is 2.09 bits per heavy atom. The Morgan fingerprint density at radius 1 is 1.33 bits per heavy atom. The molecule has 1 atom stereocenters. The average molecular weight is 462 g/mol. The maximum atomic E-state index is 13.2. The van der Waals surface area contributed by atoms with E-state index in [0.29, 0.717) is 38.9 Å². The van der Waals surface area contributed by atoms with Crippen LogP contribution in [-0.2, 0) is 0 Å². The zero-order valence-electron chi connectivity index (χ0n) is 18.8. The quantitative estimate of drug-likeness (QED) is 0.564. The minimum Gasteiger partial charge on any atom is -0.473 e. The number of benzene rings is 1. The minimum absolute atomic E-state index is 0.284. The molecule has 3 aromatic rings. The molecule has 2 heterocycles. The lowest BCUT2D eigenvalue weighted by molar-refractivity contribution is 0.0936. The number of amides is 1. The number of nitriles is 2. The van der Waals surface area contributed by atoms with Gasteiger partial charge in [0.2, 0.25) is 5.13 Å². The van der Waals surface area contributed by atoms with E-state index in [-0.39, 0.29) is 5.91 Å². The number of hydrogen-bond acceptors (Lipinski definition) is 8. The third kappa shape index (κ3) is 5.02. The zero-order valence-corrected chi connectivity index (χ0v) is 19.6. The molecule has 10 heteroatoms. The topological polar surface area (TPSA) is 130 Å². The van der Waals surface area contributed by atoms with E-state index in [1.807, 2.05) is 19.1 Å². The fourth-order valence-electron chi connectivity index (χ4n) is 3.39. The molecule has 4 rings (SSSR count). The van der Waals surface area contributed by atoms with Crippen molar-refractivity contribution in [3.05, 3.63) is 52.0 Å². The summed E-state index contributed by atoms with van der Waals surface area (Å²) in [5.74, 6) is 1.67. The third-order valence-electron chi connectivity index (χ3n) is 5.14. The van der Waals surface area contributed by atoms with Crippen molar-refractivity contribution in [2.45, 2.75) is 58.1 Å². The summed E-state index contributed by atoms with van der Waals surface area (Å²) in [6, 6.07) is 9.15. The first kappa shape index (κ1) is 22.4. The molecule has 33 heavy (non-hydrogen) atoms. The van der Waals surface area contributed by atoms with Crippen molar-refractivity contribution in [1.29, 1.82) is 10.5 Å². The summed E-state index contributed by atoms with van der Waals surface area (Å²) >= 11 is 1.20. The van der Waals surface area contributed by atoms with Crippen molar-refractivity contribution in [2.24, 2.45) is 0 Å². The number of aromatic nitrogens is 4. The number of aryl methyl sites for hydroxylation is 1. The van der Waals surface area contributed by atoms with Gasteiger partial charge in [-0.05, 0) is 70.2 Å². The molecule has 2 aromatic heterocycles. The Labute approximate surface area is 195 Å². The van der Waals surface area contributed by atoms with Crippen molar-refractivity contribution in [2.75, 3.05) is 0 Å². The summed E-state index contributed by atoms with van der Waals surface area (Å²) in [6.45, 7) is 6.94. The van der Waals surface area contributed by atoms with Crippen LogP contribution in [0, 0.1) is 29.6 Å². The Kier molecular flexibility index (Phi) is 5.88. The zero-order chi connectivity index (χ0) is 23.8. The minimum atomic E-state index is -1.01. The van der Waals surface area contributed by atoms with Gasteiger partial charge in [0.1, 0.15) is 28.6 Å². The molecule has 9 nitrogen and oxygen atoms in total. The van der Waals surface area contributed by atoms with Crippen LogP contribution in [-0.4, -0.2) is 31.3 Å². The number of thiazole rings is 1. The SMILES string of the molecule is Cc1nc([C@H](C)NC(=O)c2cc(OC(C)(C)C#N)cc(C3CC3)c2)n(-c2ncc(C#N)s2)n1. The standard InChI is InChI=1S/C23H23N7O2S/c1-13(20-28-14(2)29-30(20)22-26-11-19(10-24)33-22)27-21(31)17-7-16(15-5-6-15)8-18(9-17)32-23(3,4)12-25/h7-9,11,13,15H,5-6H2,1-4H3,(H,27,31)/t13-/m0/s1. The van der Waals surface area contributed by atoms with Crippen LogP contribution in [0.3, 0.4) is 0 Å². The summed E-state index contributed by atoms with van der Waals surface area (Å²) in [4.78, 5) is 22.3. The normalized spacial score (nSPS) is 14.2. The molecule has 1 aromatic carbocycles. The molecule has 0 saturated heterocycles. The molecule has 1 N–H and O–H groups in total. The highest BCUT2D eigenvalue weighted by Crippen LogP contribution is 2.42. The van der Waals surface area contributed by atoms with E-state index in [1.165, 1.54) is 17.5 Å². The van der Waals surface area contributed by atoms with Crippen LogP contribution in [0.2, 0.25) is 0 Å². The second-order valence-corrected chi connectivity index (χ2v) is 9.54. The number of nitrogens with zero attached hydrogens (tertiary/aromatic N) is 6. The molecule has 1 aliphatic carbocycles. The van der Waals surface area contributed by atoms with Gasteiger partial charge in [-0.2, -0.15) is 15.2 Å². The van der Waals surface area contributed by atoms with Crippen molar-refractivity contribution >= 4 is 17.2 Å². The summed E-state index contributed by atoms with van der Waals surface area (Å²) in [7, 11) is 0. The van der Waals surface area contributed by atoms with Crippen LogP contribution in [0.25, 0.3) is 5.13 Å². The summed E-state index contributed by atoms with van der Waals surface area (Å²) in [5.41, 5.74) is 0.483. The molecule has 1 fully saturated rings. The fraction of sp³-hybridized carbons (Fsp3) is 0.391. The van der Waals surface area contributed by atoms with Gasteiger partial charge in [-0.1, -0.05) is 11.3 Å². The Bertz CT molecular complexity index is 1290. The highest BCUT2D eigenvalue weighted by atomic mass is 32.1. The Balaban J connectivity index is 1.59. The van der Waals surface area contributed by atoms with E-state index < -0.39 is 11.6 Å². The second-order valence-electron chi connectivity index (χ2n) is 8.53. The van der Waals surface area contributed by atoms with Crippen LogP contribution >= 0.6 is 11.3 Å². The molecule has 1 saturated carbocycles. The Morgan fingerprint density at radius 3 is 2.73 bits per heavy atom. The van der Waals surface area contributed by atoms with Gasteiger partial charge in [-0.15, -0.1) is 5.10 Å². The molecule has 0 unspecified atom stereocenters. The molecule has 168 valence electrons. The molecule has 1 aliphatic rings. The highest BCUT2D eigenvalue weighted by Gasteiger charge is 2.28. The smallest absolute Gasteiger partial charge is 0.252 e. The largest absolute Gasteiger partial charge is 0.473 e. The molecule has 0 aliphatic heterocycles. The predicted molar refractivity (Wildman–Crippen MR) is 121 cm³/mol. The molecular weight excluding hydrogens is 438 g/mol. The maximum absolute atomic E-state index is 13.2. The first-order chi connectivity index (χ1) is 15.7. The predicted octanol–water partition coefficient (Wildman–Crippen LogP) is 3.95. The van der Waals surface area contributed by atoms with E-state index >= 15 is 0 Å². The highest BCUT2D eigenvalue weighted by molar-refractivity contribution is 7.14. The molecule has 0 spiro atoms. The third-order valence-corrected chi connectivity index (χ3v) is 6.02. The van der Waals surface area contributed by atoms with E-state index in [2.05, 4.69) is 32.5 Å². The summed E-state index contributed by atoms with van der Waals surface area (Å²) < 4.78 is 7.39. The lowest BCUT2D eigenvalue weighted by Crippen LogP contribution is -2.29. The van der Waals surface area contributed by atoms with Crippen molar-refractivity contribution < 1.29 is 9.53 Å². The molecule has 0 bridgehead atoms. The van der Waals surface area contributed by atoms with Gasteiger partial charge in [0.25, 0.3) is 5.91 Å². The van der Waals surface area contributed by atoms with Crippen LogP contribution in [0.1, 0.15) is 78.0 Å². The van der Waals surface area contributed by atoms with E-state index in [0.717, 1.165) is 18.4 Å². The van der Waals surface area contributed by atoms with E-state index in [4.69, 9.17) is 10.00 Å². The van der Waals surface area contributed by atoms with E-state index in [1.54, 1.807) is 31.5 Å². The van der Waals surface area contributed by atoms with Gasteiger partial charge in [0.05, 0.1) is 12.2 Å². The van der Waals surface area contributed by atoms with E-state index in [9.17, 15) is 10.1 Å². The van der Waals surface area contributed by atoms with Gasteiger partial charge >= 0.3 is 0 Å². The number of ether oxygens (including phenoxy) is 1. The van der Waals surface area contributed by atoms with Crippen molar-refractivity contribution in [3.63, 3.8) is 0 Å². The van der Waals surface area contributed by atoms with Crippen molar-refractivity contribution in [1.82, 2.24) is 25.1 Å². The monoisotopic (exact) mass is 461 g/mol. The molecular formula is C23H23N7O2S. The lowest BCUT2D eigenvalue weighted by atomic mass is 10.0. The number of nitrogens with one attached hydrogen (secondary N) is 1. The lowest BCUT2D eigenvalue weighted by Gasteiger charge is -2.20. The molecule has 0 radical (unpaired) electrons. The van der Waals surface area contributed by atoms with Gasteiger partial charge in [0.15, 0.2) is 11.4 Å². The van der Waals surface area contributed by atoms with Crippen molar-refractivity contribution in [3.8, 4) is 23.0 Å². The first-order valence-corrected chi connectivity index (χ1v) is 11.4. The van der Waals surface area contributed by atoms with Gasteiger partial charge in [-0.3, -0.25) is 4.79 Å². The number of rotatable bonds is 7. The van der Waals surface area contributed by atoms with Gasteiger partial charge in [-0.25, -0.2) is 9.97 Å². The molecule has 1 amide bonds. The Hall–Kier alpha value is -3.76. The second kappa shape index (κ2) is 8.64. The summed E-state index contributed by atoms with van der Waals surface area (Å²) in [6.07, 6.45) is 3.63. The number of carbonyl (C=O) groups excluding carboxylic acids is 1. The van der Waals surface area contributed by atoms with Crippen LogP contribution < -0.4 is 10.1 Å². The van der Waals surface area contributed by atoms with Crippen LogP contribution in [0.4, 0.5) is 0 Å². The van der Waals surface area contributed by atoms with Crippen LogP contribution in [0.15, 0.2) is 24.4 Å². The average Bonchev–Trinajstić information content (AvgIpc) is 3.39. The van der Waals surface area contributed by atoms with Crippen LogP contribution in [0.5, 0.6) is 5.75 Å². The van der Waals surface area contributed by atoms with Gasteiger partial charge in [0, 0.05) is 5.56 Å². The fourth-order valence-corrected chi connectivity index (χ4v) is 4.07. The summed E-state index contributed by atoms with van der Waals surface area (Å²) in [5, 5.41) is 26.3. The van der Waals surface area contributed by atoms with Gasteiger partial charge < -0.3 is 10.1 Å². The maximum Gasteiger partial charge on any atom is 0.252 e. The number of carbonyl (C=O) groups is 1.